The first-order chi connectivity index (χ1) is 14.2. The van der Waals surface area contributed by atoms with Crippen LogP contribution in [0.15, 0.2) is 64.2 Å². The summed E-state index contributed by atoms with van der Waals surface area (Å²) < 4.78 is 5.20. The number of aromatic amines is 2. The molecule has 3 N–H and O–H groups in total. The Morgan fingerprint density at radius 3 is 1.83 bits per heavy atom. The molecule has 3 aromatic rings. The molecule has 0 saturated carbocycles. The predicted octanol–water partition coefficient (Wildman–Crippen LogP) is 2.07. The lowest BCUT2D eigenvalue weighted by Crippen LogP contribution is -2.46. The van der Waals surface area contributed by atoms with Gasteiger partial charge in [0.1, 0.15) is 16.3 Å². The number of aromatic nitrogens is 2. The molecule has 0 fully saturated rings. The fraction of sp³-hybridized carbons (Fsp3) is 0.174. The van der Waals surface area contributed by atoms with E-state index in [-0.39, 0.29) is 10.7 Å². The highest BCUT2D eigenvalue weighted by Crippen LogP contribution is 2.13. The van der Waals surface area contributed by atoms with Crippen LogP contribution in [0.4, 0.5) is 10.5 Å². The molecule has 0 spiro atoms. The van der Waals surface area contributed by atoms with Crippen molar-refractivity contribution >= 4 is 23.9 Å². The number of ether oxygens (including phenoxy) is 1. The van der Waals surface area contributed by atoms with Crippen molar-refractivity contribution in [1.82, 2.24) is 9.97 Å². The van der Waals surface area contributed by atoms with E-state index in [1.807, 2.05) is 30.3 Å². The van der Waals surface area contributed by atoms with Crippen LogP contribution in [0.25, 0.3) is 12.2 Å². The molecule has 1 aromatic heterocycles. The van der Waals surface area contributed by atoms with Gasteiger partial charge in [0.05, 0.1) is 0 Å². The quantitative estimate of drug-likeness (QED) is 0.620. The van der Waals surface area contributed by atoms with Gasteiger partial charge >= 0.3 is 6.09 Å². The summed E-state index contributed by atoms with van der Waals surface area (Å²) in [7, 11) is 0. The first-order valence-corrected chi connectivity index (χ1v) is 9.41. The first-order valence-electron chi connectivity index (χ1n) is 9.41. The lowest BCUT2D eigenvalue weighted by molar-refractivity contribution is 0.0636. The van der Waals surface area contributed by atoms with Crippen LogP contribution in [-0.2, 0) is 4.74 Å². The average molecular weight is 405 g/mol. The molecule has 0 saturated heterocycles. The molecular weight excluding hydrogens is 382 g/mol. The Kier molecular flexibility index (Phi) is 6.01. The fourth-order valence-electron chi connectivity index (χ4n) is 2.66. The minimum Gasteiger partial charge on any atom is -0.444 e. The average Bonchev–Trinajstić information content (AvgIpc) is 2.66. The van der Waals surface area contributed by atoms with Crippen LogP contribution in [0.3, 0.4) is 0 Å². The Hall–Kier alpha value is -3.87. The second-order valence-corrected chi connectivity index (χ2v) is 7.68. The van der Waals surface area contributed by atoms with Crippen LogP contribution in [0, 0.1) is 0 Å². The van der Waals surface area contributed by atoms with E-state index in [4.69, 9.17) is 4.74 Å². The number of carbonyl (C=O) groups is 1. The van der Waals surface area contributed by atoms with Gasteiger partial charge in [-0.05, 0) is 56.2 Å². The van der Waals surface area contributed by atoms with E-state index >= 15 is 0 Å². The van der Waals surface area contributed by atoms with Gasteiger partial charge in [-0.15, -0.1) is 0 Å². The number of amides is 1. The van der Waals surface area contributed by atoms with Crippen molar-refractivity contribution in [2.24, 2.45) is 0 Å². The standard InChI is InChI=1S/C23H23N3O4/c1-23(2,3)30-22(29)24-17-11-9-16(10-12-17)14-19-21(28)25-18(20(27)26-19)13-15-7-5-4-6-8-15/h4-14H,1-3H3,(H,24,29)(H,25,28)(H,26,27). The van der Waals surface area contributed by atoms with Gasteiger partial charge in [-0.2, -0.15) is 0 Å². The summed E-state index contributed by atoms with van der Waals surface area (Å²) in [4.78, 5) is 41.8. The van der Waals surface area contributed by atoms with E-state index in [0.29, 0.717) is 11.3 Å². The molecule has 7 nitrogen and oxygen atoms in total. The number of hydrogen-bond donors (Lipinski definition) is 3. The lowest BCUT2D eigenvalue weighted by Gasteiger charge is -2.19. The number of rotatable bonds is 3. The maximum Gasteiger partial charge on any atom is 0.412 e. The van der Waals surface area contributed by atoms with Gasteiger partial charge in [-0.3, -0.25) is 14.9 Å². The Morgan fingerprint density at radius 2 is 1.33 bits per heavy atom. The van der Waals surface area contributed by atoms with Crippen LogP contribution in [0.1, 0.15) is 31.9 Å². The van der Waals surface area contributed by atoms with Crippen LogP contribution in [-0.4, -0.2) is 21.7 Å². The third kappa shape index (κ3) is 5.81. The summed E-state index contributed by atoms with van der Waals surface area (Å²) in [5.74, 6) is 0. The van der Waals surface area contributed by atoms with E-state index < -0.39 is 22.8 Å². The number of hydrogen-bond acceptors (Lipinski definition) is 4. The SMILES string of the molecule is CC(C)(C)OC(=O)Nc1ccc(C=c2[nH]c(=O)c(=Cc3ccccc3)[nH]c2=O)cc1. The van der Waals surface area contributed by atoms with E-state index in [9.17, 15) is 14.4 Å². The molecular formula is C23H23N3O4. The van der Waals surface area contributed by atoms with Crippen molar-refractivity contribution in [3.63, 3.8) is 0 Å². The third-order valence-corrected chi connectivity index (χ3v) is 3.96. The minimum atomic E-state index is -0.588. The highest BCUT2D eigenvalue weighted by Gasteiger charge is 2.15. The first kappa shape index (κ1) is 20.9. The zero-order valence-corrected chi connectivity index (χ0v) is 17.0. The minimum absolute atomic E-state index is 0.137. The molecule has 3 rings (SSSR count). The molecule has 2 aromatic carbocycles. The van der Waals surface area contributed by atoms with Crippen molar-refractivity contribution in [1.29, 1.82) is 0 Å². The monoisotopic (exact) mass is 405 g/mol. The van der Waals surface area contributed by atoms with E-state index in [1.54, 1.807) is 57.2 Å². The van der Waals surface area contributed by atoms with E-state index in [1.165, 1.54) is 0 Å². The summed E-state index contributed by atoms with van der Waals surface area (Å²) in [6, 6.07) is 16.0. The molecule has 0 aliphatic heterocycles. The maximum atomic E-state index is 12.4. The van der Waals surface area contributed by atoms with E-state index in [0.717, 1.165) is 5.56 Å². The number of benzene rings is 2. The van der Waals surface area contributed by atoms with Gasteiger partial charge < -0.3 is 14.7 Å². The van der Waals surface area contributed by atoms with Crippen molar-refractivity contribution in [2.45, 2.75) is 26.4 Å². The second kappa shape index (κ2) is 8.65. The van der Waals surface area contributed by atoms with Crippen molar-refractivity contribution in [3.05, 3.63) is 97.1 Å². The van der Waals surface area contributed by atoms with Gasteiger partial charge in [-0.25, -0.2) is 4.79 Å². The van der Waals surface area contributed by atoms with E-state index in [2.05, 4.69) is 15.3 Å². The van der Waals surface area contributed by atoms with Crippen molar-refractivity contribution in [3.8, 4) is 0 Å². The van der Waals surface area contributed by atoms with Crippen LogP contribution < -0.4 is 27.1 Å². The number of carbonyl (C=O) groups excluding carboxylic acids is 1. The number of H-pyrrole nitrogens is 2. The molecule has 0 aliphatic rings. The largest absolute Gasteiger partial charge is 0.444 e. The summed E-state index contributed by atoms with van der Waals surface area (Å²) in [5, 5.41) is 2.95. The molecule has 0 bridgehead atoms. The molecule has 30 heavy (non-hydrogen) atoms. The molecule has 1 heterocycles. The van der Waals surface area contributed by atoms with Crippen LogP contribution in [0.5, 0.6) is 0 Å². The summed E-state index contributed by atoms with van der Waals surface area (Å²) in [6.45, 7) is 5.35. The predicted molar refractivity (Wildman–Crippen MR) is 117 cm³/mol. The molecule has 0 atom stereocenters. The topological polar surface area (TPSA) is 104 Å². The van der Waals surface area contributed by atoms with Gasteiger partial charge in [0, 0.05) is 5.69 Å². The lowest BCUT2D eigenvalue weighted by atomic mass is 10.2. The van der Waals surface area contributed by atoms with Gasteiger partial charge in [0.25, 0.3) is 11.1 Å². The van der Waals surface area contributed by atoms with Crippen molar-refractivity contribution < 1.29 is 9.53 Å². The summed E-state index contributed by atoms with van der Waals surface area (Å²) in [6.07, 6.45) is 2.62. The van der Waals surface area contributed by atoms with Gasteiger partial charge in [-0.1, -0.05) is 42.5 Å². The van der Waals surface area contributed by atoms with Gasteiger partial charge in [0.15, 0.2) is 0 Å². The molecule has 154 valence electrons. The zero-order chi connectivity index (χ0) is 21.7. The van der Waals surface area contributed by atoms with Crippen LogP contribution >= 0.6 is 0 Å². The van der Waals surface area contributed by atoms with Crippen molar-refractivity contribution in [2.75, 3.05) is 5.32 Å². The molecule has 0 unspecified atom stereocenters. The third-order valence-electron chi connectivity index (χ3n) is 3.96. The molecule has 0 radical (unpaired) electrons. The Labute approximate surface area is 172 Å². The summed E-state index contributed by atoms with van der Waals surface area (Å²) in [5.41, 5.74) is 0.654. The fourth-order valence-corrected chi connectivity index (χ4v) is 2.66. The smallest absolute Gasteiger partial charge is 0.412 e. The Morgan fingerprint density at radius 1 is 0.833 bits per heavy atom. The summed E-state index contributed by atoms with van der Waals surface area (Å²) >= 11 is 0. The highest BCUT2D eigenvalue weighted by molar-refractivity contribution is 5.85. The second-order valence-electron chi connectivity index (χ2n) is 7.68. The highest BCUT2D eigenvalue weighted by atomic mass is 16.6. The number of anilines is 1. The Bertz CT molecular complexity index is 1270. The maximum absolute atomic E-state index is 12.4. The molecule has 0 aliphatic carbocycles. The van der Waals surface area contributed by atoms with Gasteiger partial charge in [0.2, 0.25) is 0 Å². The normalized spacial score (nSPS) is 12.6. The van der Waals surface area contributed by atoms with Crippen LogP contribution in [0.2, 0.25) is 0 Å². The zero-order valence-electron chi connectivity index (χ0n) is 17.0. The number of nitrogens with one attached hydrogen (secondary N) is 3. The Balaban J connectivity index is 1.84. The molecule has 1 amide bonds. The molecule has 7 heteroatoms.